The summed E-state index contributed by atoms with van der Waals surface area (Å²) < 4.78 is 5.42. The number of benzene rings is 1. The van der Waals surface area contributed by atoms with E-state index in [0.29, 0.717) is 18.7 Å². The summed E-state index contributed by atoms with van der Waals surface area (Å²) in [5.41, 5.74) is 2.68. The molecule has 2 aromatic rings. The van der Waals surface area contributed by atoms with Gasteiger partial charge in [-0.25, -0.2) is 9.78 Å². The third-order valence-electron chi connectivity index (χ3n) is 4.25. The zero-order chi connectivity index (χ0) is 17.1. The summed E-state index contributed by atoms with van der Waals surface area (Å²) in [5.74, 6) is -0.383. The Labute approximate surface area is 139 Å². The summed E-state index contributed by atoms with van der Waals surface area (Å²) in [4.78, 5) is 29.1. The molecule has 124 valence electrons. The standard InChI is InChI=1S/C18H18N2O4/c1-24-16-4-2-3-12-7-9-20(10-8-14(12)16)17(21)13-5-6-15(18(22)23)19-11-13/h2-6,11H,7-10H2,1H3,(H,22,23). The molecule has 1 N–H and O–H groups in total. The predicted octanol–water partition coefficient (Wildman–Crippen LogP) is 2.03. The minimum Gasteiger partial charge on any atom is -0.496 e. The number of rotatable bonds is 3. The van der Waals surface area contributed by atoms with Gasteiger partial charge in [-0.05, 0) is 42.2 Å². The molecule has 0 atom stereocenters. The summed E-state index contributed by atoms with van der Waals surface area (Å²) in [6.07, 6.45) is 2.81. The number of hydrogen-bond donors (Lipinski definition) is 1. The van der Waals surface area contributed by atoms with Gasteiger partial charge < -0.3 is 14.7 Å². The Bertz CT molecular complexity index is 771. The Morgan fingerprint density at radius 3 is 2.62 bits per heavy atom. The molecule has 1 amide bonds. The number of carboxylic acids is 1. The summed E-state index contributed by atoms with van der Waals surface area (Å²) >= 11 is 0. The monoisotopic (exact) mass is 326 g/mol. The van der Waals surface area contributed by atoms with Crippen LogP contribution in [0.15, 0.2) is 36.5 Å². The van der Waals surface area contributed by atoms with Gasteiger partial charge in [-0.1, -0.05) is 12.1 Å². The molecule has 0 fully saturated rings. The second kappa shape index (κ2) is 6.70. The van der Waals surface area contributed by atoms with Crippen LogP contribution in [-0.2, 0) is 12.8 Å². The predicted molar refractivity (Wildman–Crippen MR) is 87.5 cm³/mol. The van der Waals surface area contributed by atoms with Gasteiger partial charge in [-0.15, -0.1) is 0 Å². The number of aromatic nitrogens is 1. The van der Waals surface area contributed by atoms with E-state index in [4.69, 9.17) is 9.84 Å². The van der Waals surface area contributed by atoms with Crippen LogP contribution in [0.3, 0.4) is 0 Å². The number of amides is 1. The lowest BCUT2D eigenvalue weighted by atomic mass is 10.0. The van der Waals surface area contributed by atoms with Crippen LogP contribution in [0.2, 0.25) is 0 Å². The number of ether oxygens (including phenoxy) is 1. The number of aromatic carboxylic acids is 1. The average molecular weight is 326 g/mol. The smallest absolute Gasteiger partial charge is 0.354 e. The van der Waals surface area contributed by atoms with Crippen LogP contribution in [-0.4, -0.2) is 47.1 Å². The van der Waals surface area contributed by atoms with Gasteiger partial charge in [-0.2, -0.15) is 0 Å². The highest BCUT2D eigenvalue weighted by Gasteiger charge is 2.22. The lowest BCUT2D eigenvalue weighted by Gasteiger charge is -2.20. The summed E-state index contributed by atoms with van der Waals surface area (Å²) in [5, 5.41) is 8.88. The van der Waals surface area contributed by atoms with Crippen molar-refractivity contribution in [1.82, 2.24) is 9.88 Å². The van der Waals surface area contributed by atoms with Gasteiger partial charge in [0, 0.05) is 19.3 Å². The Hall–Kier alpha value is -2.89. The first-order valence-corrected chi connectivity index (χ1v) is 7.73. The Kier molecular flexibility index (Phi) is 4.46. The van der Waals surface area contributed by atoms with E-state index in [1.165, 1.54) is 23.9 Å². The van der Waals surface area contributed by atoms with Crippen molar-refractivity contribution in [3.63, 3.8) is 0 Å². The highest BCUT2D eigenvalue weighted by Crippen LogP contribution is 2.26. The zero-order valence-corrected chi connectivity index (χ0v) is 13.4. The van der Waals surface area contributed by atoms with Crippen LogP contribution >= 0.6 is 0 Å². The van der Waals surface area contributed by atoms with Crippen molar-refractivity contribution in [2.24, 2.45) is 0 Å². The van der Waals surface area contributed by atoms with Gasteiger partial charge in [0.15, 0.2) is 0 Å². The lowest BCUT2D eigenvalue weighted by Crippen LogP contribution is -2.33. The number of hydrogen-bond acceptors (Lipinski definition) is 4. The number of carboxylic acid groups (broad SMARTS) is 1. The van der Waals surface area contributed by atoms with E-state index in [-0.39, 0.29) is 11.6 Å². The quantitative estimate of drug-likeness (QED) is 0.933. The van der Waals surface area contributed by atoms with E-state index in [1.807, 2.05) is 12.1 Å². The van der Waals surface area contributed by atoms with Gasteiger partial charge in [0.1, 0.15) is 11.4 Å². The number of carbonyl (C=O) groups is 2. The zero-order valence-electron chi connectivity index (χ0n) is 13.4. The fourth-order valence-corrected chi connectivity index (χ4v) is 2.97. The van der Waals surface area contributed by atoms with E-state index < -0.39 is 5.97 Å². The van der Waals surface area contributed by atoms with Crippen molar-refractivity contribution < 1.29 is 19.4 Å². The maximum Gasteiger partial charge on any atom is 0.354 e. The van der Waals surface area contributed by atoms with Crippen LogP contribution < -0.4 is 4.74 Å². The van der Waals surface area contributed by atoms with Crippen LogP contribution in [0, 0.1) is 0 Å². The van der Waals surface area contributed by atoms with Crippen molar-refractivity contribution in [2.45, 2.75) is 12.8 Å². The number of methoxy groups -OCH3 is 1. The topological polar surface area (TPSA) is 79.7 Å². The molecule has 1 aromatic carbocycles. The first-order valence-electron chi connectivity index (χ1n) is 7.73. The highest BCUT2D eigenvalue weighted by molar-refractivity contribution is 5.95. The molecule has 0 aliphatic carbocycles. The summed E-state index contributed by atoms with van der Waals surface area (Å²) in [6, 6.07) is 8.83. The first-order chi connectivity index (χ1) is 11.6. The largest absolute Gasteiger partial charge is 0.496 e. The minimum atomic E-state index is -1.11. The fourth-order valence-electron chi connectivity index (χ4n) is 2.97. The molecule has 0 saturated heterocycles. The van der Waals surface area contributed by atoms with E-state index in [2.05, 4.69) is 11.1 Å². The van der Waals surface area contributed by atoms with Crippen LogP contribution in [0.4, 0.5) is 0 Å². The van der Waals surface area contributed by atoms with Crippen molar-refractivity contribution in [3.05, 3.63) is 58.9 Å². The van der Waals surface area contributed by atoms with Crippen molar-refractivity contribution in [1.29, 1.82) is 0 Å². The molecule has 0 radical (unpaired) electrons. The Morgan fingerprint density at radius 1 is 1.17 bits per heavy atom. The third-order valence-corrected chi connectivity index (χ3v) is 4.25. The molecule has 2 heterocycles. The molecule has 0 spiro atoms. The second-order valence-electron chi connectivity index (χ2n) is 5.63. The third kappa shape index (κ3) is 3.08. The SMILES string of the molecule is COc1cccc2c1CCN(C(=O)c1ccc(C(=O)O)nc1)CC2. The van der Waals surface area contributed by atoms with Gasteiger partial charge in [-0.3, -0.25) is 4.79 Å². The number of carbonyl (C=O) groups excluding carboxylic acids is 1. The van der Waals surface area contributed by atoms with E-state index in [9.17, 15) is 9.59 Å². The van der Waals surface area contributed by atoms with E-state index in [1.54, 1.807) is 12.0 Å². The van der Waals surface area contributed by atoms with Gasteiger partial charge in [0.2, 0.25) is 0 Å². The van der Waals surface area contributed by atoms with Crippen LogP contribution in [0.5, 0.6) is 5.75 Å². The van der Waals surface area contributed by atoms with Crippen molar-refractivity contribution >= 4 is 11.9 Å². The molecule has 6 nitrogen and oxygen atoms in total. The number of nitrogens with zero attached hydrogens (tertiary/aromatic N) is 2. The van der Waals surface area contributed by atoms with Crippen molar-refractivity contribution in [3.8, 4) is 5.75 Å². The van der Waals surface area contributed by atoms with E-state index >= 15 is 0 Å². The number of pyridine rings is 1. The molecule has 0 unspecified atom stereocenters. The Balaban J connectivity index is 1.77. The fraction of sp³-hybridized carbons (Fsp3) is 0.278. The molecule has 1 aliphatic rings. The van der Waals surface area contributed by atoms with Gasteiger partial charge in [0.05, 0.1) is 12.7 Å². The first kappa shape index (κ1) is 16.0. The maximum atomic E-state index is 12.6. The Morgan fingerprint density at radius 2 is 1.96 bits per heavy atom. The van der Waals surface area contributed by atoms with Gasteiger partial charge in [0.25, 0.3) is 5.91 Å². The lowest BCUT2D eigenvalue weighted by molar-refractivity contribution is 0.0687. The molecule has 24 heavy (non-hydrogen) atoms. The second-order valence-corrected chi connectivity index (χ2v) is 5.63. The minimum absolute atomic E-state index is 0.0699. The molecule has 1 aromatic heterocycles. The molecule has 3 rings (SSSR count). The highest BCUT2D eigenvalue weighted by atomic mass is 16.5. The van der Waals surface area contributed by atoms with Gasteiger partial charge >= 0.3 is 5.97 Å². The van der Waals surface area contributed by atoms with Crippen molar-refractivity contribution in [2.75, 3.05) is 20.2 Å². The molecule has 6 heteroatoms. The average Bonchev–Trinajstić information content (AvgIpc) is 2.83. The summed E-state index contributed by atoms with van der Waals surface area (Å²) in [7, 11) is 1.65. The number of fused-ring (bicyclic) bond motifs is 1. The van der Waals surface area contributed by atoms with Crippen LogP contribution in [0.25, 0.3) is 0 Å². The molecule has 1 aliphatic heterocycles. The molecular formula is C18H18N2O4. The van der Waals surface area contributed by atoms with E-state index in [0.717, 1.165) is 24.2 Å². The molecular weight excluding hydrogens is 308 g/mol. The molecule has 0 bridgehead atoms. The maximum absolute atomic E-state index is 12.6. The normalized spacial score (nSPS) is 13.8. The molecule has 0 saturated carbocycles. The van der Waals surface area contributed by atoms with Crippen LogP contribution in [0.1, 0.15) is 32.0 Å². The summed E-state index contributed by atoms with van der Waals surface area (Å²) in [6.45, 7) is 1.20.